The summed E-state index contributed by atoms with van der Waals surface area (Å²) in [6.07, 6.45) is 6.01. The van der Waals surface area contributed by atoms with Gasteiger partial charge in [0.05, 0.1) is 5.69 Å². The fourth-order valence-corrected chi connectivity index (χ4v) is 3.28. The summed E-state index contributed by atoms with van der Waals surface area (Å²) in [4.78, 5) is 0.337. The van der Waals surface area contributed by atoms with Crippen molar-refractivity contribution in [3.05, 3.63) is 11.9 Å². The summed E-state index contributed by atoms with van der Waals surface area (Å²) in [5.41, 5.74) is 0.731. The molecule has 6 heteroatoms. The largest absolute Gasteiger partial charge is 0.274 e. The summed E-state index contributed by atoms with van der Waals surface area (Å²) in [7, 11) is -0.190. The van der Waals surface area contributed by atoms with E-state index >= 15 is 0 Å². The Morgan fingerprint density at radius 2 is 2.06 bits per heavy atom. The number of nitrogens with one attached hydrogen (secondary N) is 1. The number of hydrogen-bond acceptors (Lipinski definition) is 3. The molecule has 5 nitrogen and oxygen atoms in total. The van der Waals surface area contributed by atoms with Crippen LogP contribution in [0.3, 0.4) is 0 Å². The number of aromatic nitrogens is 2. The zero-order chi connectivity index (χ0) is 11.8. The van der Waals surface area contributed by atoms with Gasteiger partial charge in [0.15, 0.2) is 0 Å². The molecule has 2 rings (SSSR count). The molecule has 1 heterocycles. The van der Waals surface area contributed by atoms with Crippen LogP contribution in [0.15, 0.2) is 11.1 Å². The van der Waals surface area contributed by atoms with Gasteiger partial charge >= 0.3 is 0 Å². The first-order valence-corrected chi connectivity index (χ1v) is 7.00. The Morgan fingerprint density at radius 3 is 2.62 bits per heavy atom. The molecule has 1 aromatic heterocycles. The second-order valence-electron chi connectivity index (χ2n) is 4.24. The molecule has 1 aliphatic carbocycles. The topological polar surface area (TPSA) is 64.0 Å². The molecule has 0 amide bonds. The smallest absolute Gasteiger partial charge is 0.243 e. The summed E-state index contributed by atoms with van der Waals surface area (Å²) >= 11 is 0. The van der Waals surface area contributed by atoms with Crippen LogP contribution in [0.2, 0.25) is 0 Å². The van der Waals surface area contributed by atoms with Crippen LogP contribution in [-0.4, -0.2) is 25.2 Å². The first-order chi connectivity index (χ1) is 7.54. The van der Waals surface area contributed by atoms with Crippen molar-refractivity contribution in [2.75, 3.05) is 7.05 Å². The zero-order valence-electron chi connectivity index (χ0n) is 9.60. The van der Waals surface area contributed by atoms with Crippen molar-refractivity contribution in [3.8, 4) is 0 Å². The van der Waals surface area contributed by atoms with Crippen LogP contribution in [0.5, 0.6) is 0 Å². The van der Waals surface area contributed by atoms with Crippen molar-refractivity contribution < 1.29 is 8.42 Å². The lowest BCUT2D eigenvalue weighted by Crippen LogP contribution is -2.20. The predicted molar refractivity (Wildman–Crippen MR) is 60.7 cm³/mol. The van der Waals surface area contributed by atoms with Crippen molar-refractivity contribution in [2.45, 2.75) is 36.5 Å². The standard InChI is InChI=1S/C10H17N3O2S/c1-11-16(14,15)9-7-13(2)12-10(9)8-5-3-4-6-8/h7-8,11H,3-6H2,1-2H3. The molecule has 0 radical (unpaired) electrons. The zero-order valence-corrected chi connectivity index (χ0v) is 10.4. The maximum atomic E-state index is 11.8. The Kier molecular flexibility index (Phi) is 3.03. The highest BCUT2D eigenvalue weighted by Gasteiger charge is 2.28. The van der Waals surface area contributed by atoms with Gasteiger partial charge in [0, 0.05) is 19.2 Å². The van der Waals surface area contributed by atoms with Gasteiger partial charge in [-0.3, -0.25) is 4.68 Å². The maximum Gasteiger partial charge on any atom is 0.243 e. The molecular weight excluding hydrogens is 226 g/mol. The molecule has 0 unspecified atom stereocenters. The third-order valence-corrected chi connectivity index (χ3v) is 4.55. The maximum absolute atomic E-state index is 11.8. The molecule has 16 heavy (non-hydrogen) atoms. The normalized spacial score (nSPS) is 18.1. The minimum Gasteiger partial charge on any atom is -0.274 e. The highest BCUT2D eigenvalue weighted by molar-refractivity contribution is 7.89. The van der Waals surface area contributed by atoms with Gasteiger partial charge in [-0.15, -0.1) is 0 Å². The minimum absolute atomic E-state index is 0.305. The number of aryl methyl sites for hydroxylation is 1. The molecule has 0 saturated heterocycles. The van der Waals surface area contributed by atoms with Gasteiger partial charge in [-0.25, -0.2) is 13.1 Å². The van der Waals surface area contributed by atoms with E-state index in [1.165, 1.54) is 19.9 Å². The summed E-state index contributed by atoms with van der Waals surface area (Å²) in [6.45, 7) is 0. The molecule has 90 valence electrons. The van der Waals surface area contributed by atoms with Gasteiger partial charge in [0.1, 0.15) is 4.90 Å². The third kappa shape index (κ3) is 1.99. The quantitative estimate of drug-likeness (QED) is 0.861. The van der Waals surface area contributed by atoms with Crippen LogP contribution in [0.4, 0.5) is 0 Å². The first kappa shape index (κ1) is 11.6. The highest BCUT2D eigenvalue weighted by atomic mass is 32.2. The molecule has 0 bridgehead atoms. The van der Waals surface area contributed by atoms with E-state index < -0.39 is 10.0 Å². The number of sulfonamides is 1. The van der Waals surface area contributed by atoms with E-state index in [0.29, 0.717) is 10.8 Å². The van der Waals surface area contributed by atoms with Crippen molar-refractivity contribution in [1.29, 1.82) is 0 Å². The highest BCUT2D eigenvalue weighted by Crippen LogP contribution is 2.36. The summed E-state index contributed by atoms with van der Waals surface area (Å²) in [5.74, 6) is 0.305. The molecule has 1 saturated carbocycles. The Morgan fingerprint density at radius 1 is 1.44 bits per heavy atom. The Balaban J connectivity index is 2.45. The summed E-state index contributed by atoms with van der Waals surface area (Å²) in [5, 5.41) is 4.30. The number of nitrogens with zero attached hydrogens (tertiary/aromatic N) is 2. The fraction of sp³-hybridized carbons (Fsp3) is 0.700. The number of hydrogen-bond donors (Lipinski definition) is 1. The third-order valence-electron chi connectivity index (χ3n) is 3.12. The van der Waals surface area contributed by atoms with E-state index in [9.17, 15) is 8.42 Å². The van der Waals surface area contributed by atoms with Crippen LogP contribution in [0.1, 0.15) is 37.3 Å². The summed E-state index contributed by atoms with van der Waals surface area (Å²) in [6, 6.07) is 0. The van der Waals surface area contributed by atoms with Gasteiger partial charge in [0.25, 0.3) is 0 Å². The van der Waals surface area contributed by atoms with E-state index in [1.807, 2.05) is 0 Å². The van der Waals surface area contributed by atoms with Gasteiger partial charge < -0.3 is 0 Å². The van der Waals surface area contributed by atoms with Crippen LogP contribution < -0.4 is 4.72 Å². The second kappa shape index (κ2) is 4.18. The monoisotopic (exact) mass is 243 g/mol. The Bertz CT molecular complexity index is 472. The molecule has 0 atom stereocenters. The van der Waals surface area contributed by atoms with Gasteiger partial charge in [-0.2, -0.15) is 5.10 Å². The average molecular weight is 243 g/mol. The van der Waals surface area contributed by atoms with Crippen molar-refractivity contribution >= 4 is 10.0 Å². The van der Waals surface area contributed by atoms with Gasteiger partial charge in [-0.05, 0) is 19.9 Å². The number of rotatable bonds is 3. The minimum atomic E-state index is -3.38. The van der Waals surface area contributed by atoms with E-state index in [1.54, 1.807) is 17.9 Å². The van der Waals surface area contributed by atoms with Crippen LogP contribution >= 0.6 is 0 Å². The second-order valence-corrected chi connectivity index (χ2v) is 6.10. The fourth-order valence-electron chi connectivity index (χ4n) is 2.28. The predicted octanol–water partition coefficient (Wildman–Crippen LogP) is 0.986. The SMILES string of the molecule is CNS(=O)(=O)c1cn(C)nc1C1CCCC1. The van der Waals surface area contributed by atoms with Gasteiger partial charge in [0.2, 0.25) is 10.0 Å². The molecule has 1 aliphatic rings. The van der Waals surface area contributed by atoms with E-state index in [-0.39, 0.29) is 0 Å². The van der Waals surface area contributed by atoms with E-state index in [4.69, 9.17) is 0 Å². The first-order valence-electron chi connectivity index (χ1n) is 5.51. The molecule has 0 aliphatic heterocycles. The Labute approximate surface area is 95.9 Å². The van der Waals surface area contributed by atoms with Crippen LogP contribution in [0, 0.1) is 0 Å². The van der Waals surface area contributed by atoms with Gasteiger partial charge in [-0.1, -0.05) is 12.8 Å². The molecule has 0 spiro atoms. The van der Waals surface area contributed by atoms with Crippen molar-refractivity contribution in [2.24, 2.45) is 7.05 Å². The summed E-state index contributed by atoms with van der Waals surface area (Å²) < 4.78 is 27.6. The van der Waals surface area contributed by atoms with Crippen LogP contribution in [0.25, 0.3) is 0 Å². The molecule has 1 N–H and O–H groups in total. The molecule has 1 fully saturated rings. The lowest BCUT2D eigenvalue weighted by Gasteiger charge is -2.08. The van der Waals surface area contributed by atoms with E-state index in [0.717, 1.165) is 18.5 Å². The lowest BCUT2D eigenvalue weighted by molar-refractivity contribution is 0.583. The molecule has 1 aromatic rings. The van der Waals surface area contributed by atoms with E-state index in [2.05, 4.69) is 9.82 Å². The van der Waals surface area contributed by atoms with Crippen molar-refractivity contribution in [1.82, 2.24) is 14.5 Å². The molecule has 0 aromatic carbocycles. The molecular formula is C10H17N3O2S. The Hall–Kier alpha value is -0.880. The van der Waals surface area contributed by atoms with Crippen LogP contribution in [-0.2, 0) is 17.1 Å². The van der Waals surface area contributed by atoms with Crippen molar-refractivity contribution in [3.63, 3.8) is 0 Å². The average Bonchev–Trinajstić information content (AvgIpc) is 2.85. The lowest BCUT2D eigenvalue weighted by atomic mass is 10.1.